The molecule has 0 aliphatic heterocycles. The Morgan fingerprint density at radius 3 is 2.53 bits per heavy atom. The van der Waals surface area contributed by atoms with Crippen LogP contribution in [0.2, 0.25) is 10.0 Å². The lowest BCUT2D eigenvalue weighted by atomic mass is 10.1. The number of hydrogen-bond donors (Lipinski definition) is 1. The van der Waals surface area contributed by atoms with Crippen molar-refractivity contribution in [2.45, 2.75) is 12.8 Å². The van der Waals surface area contributed by atoms with E-state index in [-0.39, 0.29) is 5.91 Å². The van der Waals surface area contributed by atoms with Gasteiger partial charge < -0.3 is 5.32 Å². The number of nitrogens with one attached hydrogen (secondary N) is 1. The number of aryl methyl sites for hydroxylation is 1. The van der Waals surface area contributed by atoms with Gasteiger partial charge in [0, 0.05) is 11.4 Å². The van der Waals surface area contributed by atoms with Crippen LogP contribution in [0.15, 0.2) is 48.5 Å². The Morgan fingerprint density at radius 2 is 1.79 bits per heavy atom. The quantitative estimate of drug-likeness (QED) is 0.879. The second-order valence-electron chi connectivity index (χ2n) is 4.16. The fourth-order valence-corrected chi connectivity index (χ4v) is 2.05. The number of carbonyl (C=O) groups excluding carboxylic acids is 1. The highest BCUT2D eigenvalue weighted by Crippen LogP contribution is 2.25. The van der Waals surface area contributed by atoms with E-state index in [0.29, 0.717) is 28.6 Å². The van der Waals surface area contributed by atoms with Gasteiger partial charge in [0.15, 0.2) is 0 Å². The van der Waals surface area contributed by atoms with Gasteiger partial charge in [0.25, 0.3) is 0 Å². The lowest BCUT2D eigenvalue weighted by molar-refractivity contribution is -0.116. The number of amides is 1. The standard InChI is InChI=1S/C15H13Cl2NO/c16-12-7-8-13(17)14(10-12)18-15(19)9-6-11-4-2-1-3-5-11/h1-5,7-8,10H,6,9H2,(H,18,19). The maximum Gasteiger partial charge on any atom is 0.224 e. The summed E-state index contributed by atoms with van der Waals surface area (Å²) in [5, 5.41) is 3.79. The molecule has 0 fully saturated rings. The molecule has 0 radical (unpaired) electrons. The summed E-state index contributed by atoms with van der Waals surface area (Å²) < 4.78 is 0. The number of hydrogen-bond acceptors (Lipinski definition) is 1. The molecular weight excluding hydrogens is 281 g/mol. The zero-order valence-electron chi connectivity index (χ0n) is 10.2. The summed E-state index contributed by atoms with van der Waals surface area (Å²) >= 11 is 11.8. The Hall–Kier alpha value is -1.51. The minimum atomic E-state index is -0.0759. The summed E-state index contributed by atoms with van der Waals surface area (Å²) in [4.78, 5) is 11.8. The van der Waals surface area contributed by atoms with Crippen molar-refractivity contribution in [1.29, 1.82) is 0 Å². The number of halogens is 2. The summed E-state index contributed by atoms with van der Waals surface area (Å²) in [6.45, 7) is 0. The van der Waals surface area contributed by atoms with Crippen molar-refractivity contribution >= 4 is 34.8 Å². The highest BCUT2D eigenvalue weighted by molar-refractivity contribution is 6.35. The van der Waals surface area contributed by atoms with Crippen molar-refractivity contribution in [3.8, 4) is 0 Å². The third-order valence-corrected chi connectivity index (χ3v) is 3.25. The number of carbonyl (C=O) groups is 1. The third-order valence-electron chi connectivity index (χ3n) is 2.69. The zero-order chi connectivity index (χ0) is 13.7. The van der Waals surface area contributed by atoms with Crippen LogP contribution in [0.5, 0.6) is 0 Å². The van der Waals surface area contributed by atoms with Gasteiger partial charge in [0.1, 0.15) is 0 Å². The first-order valence-electron chi connectivity index (χ1n) is 5.94. The Bertz CT molecular complexity index is 570. The van der Waals surface area contributed by atoms with Crippen LogP contribution >= 0.6 is 23.2 Å². The van der Waals surface area contributed by atoms with Crippen LogP contribution in [0.3, 0.4) is 0 Å². The van der Waals surface area contributed by atoms with Crippen LogP contribution in [0, 0.1) is 0 Å². The summed E-state index contributed by atoms with van der Waals surface area (Å²) in [6, 6.07) is 14.9. The van der Waals surface area contributed by atoms with E-state index in [0.717, 1.165) is 5.56 Å². The molecule has 0 aliphatic carbocycles. The first-order valence-corrected chi connectivity index (χ1v) is 6.69. The van der Waals surface area contributed by atoms with E-state index in [2.05, 4.69) is 5.32 Å². The molecule has 4 heteroatoms. The second kappa shape index (κ2) is 6.60. The van der Waals surface area contributed by atoms with Gasteiger partial charge in [-0.2, -0.15) is 0 Å². The van der Waals surface area contributed by atoms with Crippen molar-refractivity contribution in [3.63, 3.8) is 0 Å². The maximum absolute atomic E-state index is 11.8. The van der Waals surface area contributed by atoms with Crippen molar-refractivity contribution in [1.82, 2.24) is 0 Å². The van der Waals surface area contributed by atoms with E-state index < -0.39 is 0 Å². The number of anilines is 1. The van der Waals surface area contributed by atoms with E-state index in [1.54, 1.807) is 18.2 Å². The molecule has 0 saturated heterocycles. The molecule has 98 valence electrons. The molecule has 0 bridgehead atoms. The van der Waals surface area contributed by atoms with Gasteiger partial charge in [0.2, 0.25) is 5.91 Å². The highest BCUT2D eigenvalue weighted by Gasteiger charge is 2.06. The van der Waals surface area contributed by atoms with Crippen LogP contribution in [-0.2, 0) is 11.2 Å². The average Bonchev–Trinajstić information content (AvgIpc) is 2.42. The Labute approximate surface area is 122 Å². The lowest BCUT2D eigenvalue weighted by Gasteiger charge is -2.07. The van der Waals surface area contributed by atoms with E-state index in [1.807, 2.05) is 30.3 Å². The van der Waals surface area contributed by atoms with E-state index >= 15 is 0 Å². The van der Waals surface area contributed by atoms with E-state index in [4.69, 9.17) is 23.2 Å². The predicted molar refractivity (Wildman–Crippen MR) is 79.9 cm³/mol. The van der Waals surface area contributed by atoms with E-state index in [9.17, 15) is 4.79 Å². The van der Waals surface area contributed by atoms with Crippen LogP contribution in [-0.4, -0.2) is 5.91 Å². The normalized spacial score (nSPS) is 10.2. The molecule has 0 saturated carbocycles. The number of rotatable bonds is 4. The molecule has 0 aromatic heterocycles. The molecule has 0 heterocycles. The van der Waals surface area contributed by atoms with Crippen molar-refractivity contribution in [3.05, 3.63) is 64.1 Å². The summed E-state index contributed by atoms with van der Waals surface area (Å²) in [5.74, 6) is -0.0759. The smallest absolute Gasteiger partial charge is 0.224 e. The molecule has 2 rings (SSSR count). The summed E-state index contributed by atoms with van der Waals surface area (Å²) in [7, 11) is 0. The Kier molecular flexibility index (Phi) is 4.83. The van der Waals surface area contributed by atoms with Gasteiger partial charge in [-0.05, 0) is 30.2 Å². The minimum Gasteiger partial charge on any atom is -0.325 e. The summed E-state index contributed by atoms with van der Waals surface area (Å²) in [6.07, 6.45) is 1.11. The fraction of sp³-hybridized carbons (Fsp3) is 0.133. The van der Waals surface area contributed by atoms with Crippen molar-refractivity contribution in [2.24, 2.45) is 0 Å². The molecule has 0 aliphatic rings. The molecule has 0 atom stereocenters. The molecule has 2 aromatic rings. The van der Waals surface area contributed by atoms with Crippen LogP contribution in [0.1, 0.15) is 12.0 Å². The Morgan fingerprint density at radius 1 is 1.05 bits per heavy atom. The van der Waals surface area contributed by atoms with Crippen LogP contribution in [0.25, 0.3) is 0 Å². The maximum atomic E-state index is 11.8. The fourth-order valence-electron chi connectivity index (χ4n) is 1.71. The molecule has 0 spiro atoms. The van der Waals surface area contributed by atoms with Gasteiger partial charge in [-0.15, -0.1) is 0 Å². The molecule has 19 heavy (non-hydrogen) atoms. The van der Waals surface area contributed by atoms with Gasteiger partial charge in [0.05, 0.1) is 10.7 Å². The first kappa shape index (κ1) is 13.9. The minimum absolute atomic E-state index is 0.0759. The number of benzene rings is 2. The van der Waals surface area contributed by atoms with Crippen molar-refractivity contribution < 1.29 is 4.79 Å². The molecule has 0 unspecified atom stereocenters. The predicted octanol–water partition coefficient (Wildman–Crippen LogP) is 4.56. The molecule has 1 N–H and O–H groups in total. The monoisotopic (exact) mass is 293 g/mol. The average molecular weight is 294 g/mol. The topological polar surface area (TPSA) is 29.1 Å². The van der Waals surface area contributed by atoms with Gasteiger partial charge in [-0.25, -0.2) is 0 Å². The van der Waals surface area contributed by atoms with Gasteiger partial charge in [-0.1, -0.05) is 53.5 Å². The molecule has 2 aromatic carbocycles. The summed E-state index contributed by atoms with van der Waals surface area (Å²) in [5.41, 5.74) is 1.68. The second-order valence-corrected chi connectivity index (χ2v) is 5.00. The SMILES string of the molecule is O=C(CCc1ccccc1)Nc1cc(Cl)ccc1Cl. The van der Waals surface area contributed by atoms with Gasteiger partial charge >= 0.3 is 0 Å². The van der Waals surface area contributed by atoms with Gasteiger partial charge in [-0.3, -0.25) is 4.79 Å². The lowest BCUT2D eigenvalue weighted by Crippen LogP contribution is -2.12. The van der Waals surface area contributed by atoms with Crippen molar-refractivity contribution in [2.75, 3.05) is 5.32 Å². The highest BCUT2D eigenvalue weighted by atomic mass is 35.5. The Balaban J connectivity index is 1.93. The largest absolute Gasteiger partial charge is 0.325 e. The zero-order valence-corrected chi connectivity index (χ0v) is 11.7. The van der Waals surface area contributed by atoms with E-state index in [1.165, 1.54) is 0 Å². The first-order chi connectivity index (χ1) is 9.15. The molecular formula is C15H13Cl2NO. The third kappa shape index (κ3) is 4.27. The van der Waals surface area contributed by atoms with Crippen LogP contribution in [0.4, 0.5) is 5.69 Å². The molecule has 1 amide bonds. The van der Waals surface area contributed by atoms with Crippen LogP contribution < -0.4 is 5.32 Å². The molecule has 2 nitrogen and oxygen atoms in total.